The molecule has 0 saturated carbocycles. The number of carbonyl (C=O) groups excluding carboxylic acids is 1. The van der Waals surface area contributed by atoms with E-state index >= 15 is 0 Å². The van der Waals surface area contributed by atoms with Gasteiger partial charge < -0.3 is 11.1 Å². The first-order valence-electron chi connectivity index (χ1n) is 6.25. The van der Waals surface area contributed by atoms with Crippen LogP contribution < -0.4 is 11.1 Å². The van der Waals surface area contributed by atoms with Crippen molar-refractivity contribution in [2.75, 3.05) is 5.32 Å². The van der Waals surface area contributed by atoms with Gasteiger partial charge in [0.05, 0.1) is 10.4 Å². The minimum atomic E-state index is -0.851. The van der Waals surface area contributed by atoms with Crippen molar-refractivity contribution in [1.29, 1.82) is 0 Å². The lowest BCUT2D eigenvalue weighted by atomic mass is 9.81. The summed E-state index contributed by atoms with van der Waals surface area (Å²) in [5.41, 5.74) is 6.11. The highest BCUT2D eigenvalue weighted by Gasteiger charge is 2.38. The van der Waals surface area contributed by atoms with Crippen LogP contribution in [0.15, 0.2) is 18.2 Å². The van der Waals surface area contributed by atoms with E-state index < -0.39 is 5.41 Å². The minimum absolute atomic E-state index is 0.190. The van der Waals surface area contributed by atoms with E-state index in [1.807, 2.05) is 13.8 Å². The number of rotatable bonds is 5. The Hall–Kier alpha value is -1.49. The summed E-state index contributed by atoms with van der Waals surface area (Å²) in [6.45, 7) is 5.48. The third-order valence-corrected chi connectivity index (χ3v) is 3.94. The Morgan fingerprint density at radius 1 is 1.42 bits per heavy atom. The number of nitrogens with one attached hydrogen (secondary N) is 1. The van der Waals surface area contributed by atoms with E-state index in [1.165, 1.54) is 18.2 Å². The smallest absolute Gasteiger partial charge is 0.237 e. The molecule has 0 fully saturated rings. The Labute approximate surface area is 118 Å². The number of amides is 1. The molecule has 0 aliphatic rings. The highest BCUT2D eigenvalue weighted by atomic mass is 32.1. The van der Waals surface area contributed by atoms with E-state index in [2.05, 4.69) is 5.32 Å². The molecule has 104 valence electrons. The highest BCUT2D eigenvalue weighted by Crippen LogP contribution is 2.29. The number of nitrogens with two attached hydrogens (primary N) is 1. The fourth-order valence-corrected chi connectivity index (χ4v) is 2.42. The molecule has 19 heavy (non-hydrogen) atoms. The van der Waals surface area contributed by atoms with Gasteiger partial charge in [-0.2, -0.15) is 0 Å². The summed E-state index contributed by atoms with van der Waals surface area (Å²) in [6, 6.07) is 4.22. The molecule has 0 aliphatic carbocycles. The molecule has 3 nitrogen and oxygen atoms in total. The molecule has 0 atom stereocenters. The first kappa shape index (κ1) is 15.6. The van der Waals surface area contributed by atoms with Crippen molar-refractivity contribution in [3.63, 3.8) is 0 Å². The van der Waals surface area contributed by atoms with Crippen LogP contribution in [-0.2, 0) is 4.79 Å². The quantitative estimate of drug-likeness (QED) is 0.816. The van der Waals surface area contributed by atoms with Crippen molar-refractivity contribution in [3.8, 4) is 0 Å². The topological polar surface area (TPSA) is 55.1 Å². The van der Waals surface area contributed by atoms with Crippen molar-refractivity contribution in [2.45, 2.75) is 33.6 Å². The van der Waals surface area contributed by atoms with Crippen molar-refractivity contribution < 1.29 is 9.18 Å². The van der Waals surface area contributed by atoms with Gasteiger partial charge in [-0.25, -0.2) is 4.39 Å². The maximum atomic E-state index is 13.0. The van der Waals surface area contributed by atoms with E-state index in [1.54, 1.807) is 6.92 Å². The summed E-state index contributed by atoms with van der Waals surface area (Å²) in [5.74, 6) is -0.568. The van der Waals surface area contributed by atoms with Crippen LogP contribution in [0.3, 0.4) is 0 Å². The number of thiocarbonyl (C=S) groups is 1. The molecule has 0 spiro atoms. The summed E-state index contributed by atoms with van der Waals surface area (Å²) >= 11 is 5.03. The Bertz CT molecular complexity index is 498. The Kier molecular flexibility index (Phi) is 5.00. The lowest BCUT2D eigenvalue weighted by Crippen LogP contribution is -2.45. The van der Waals surface area contributed by atoms with Crippen LogP contribution >= 0.6 is 12.2 Å². The number of hydrogen-bond acceptors (Lipinski definition) is 2. The molecule has 0 radical (unpaired) electrons. The molecule has 1 aromatic rings. The second-order valence-electron chi connectivity index (χ2n) is 4.57. The van der Waals surface area contributed by atoms with Gasteiger partial charge in [-0.1, -0.05) is 26.1 Å². The van der Waals surface area contributed by atoms with Crippen LogP contribution in [0.5, 0.6) is 0 Å². The molecule has 0 saturated heterocycles. The first-order valence-corrected chi connectivity index (χ1v) is 6.65. The third kappa shape index (κ3) is 3.10. The molecular weight excluding hydrogens is 263 g/mol. The minimum Gasteiger partial charge on any atom is -0.392 e. The van der Waals surface area contributed by atoms with Crippen LogP contribution in [0.1, 0.15) is 32.3 Å². The van der Waals surface area contributed by atoms with Gasteiger partial charge in [-0.3, -0.25) is 4.79 Å². The average molecular weight is 282 g/mol. The van der Waals surface area contributed by atoms with E-state index in [4.69, 9.17) is 18.0 Å². The van der Waals surface area contributed by atoms with Gasteiger partial charge in [0, 0.05) is 5.69 Å². The number of hydrogen-bond donors (Lipinski definition) is 2. The van der Waals surface area contributed by atoms with Gasteiger partial charge >= 0.3 is 0 Å². The van der Waals surface area contributed by atoms with Crippen molar-refractivity contribution in [3.05, 3.63) is 29.6 Å². The lowest BCUT2D eigenvalue weighted by molar-refractivity contribution is -0.122. The molecule has 1 aromatic carbocycles. The fraction of sp³-hybridized carbons (Fsp3) is 0.429. The second kappa shape index (κ2) is 6.10. The zero-order chi connectivity index (χ0) is 14.6. The number of anilines is 1. The van der Waals surface area contributed by atoms with Crippen molar-refractivity contribution in [1.82, 2.24) is 0 Å². The van der Waals surface area contributed by atoms with Crippen molar-refractivity contribution >= 4 is 28.8 Å². The molecule has 0 heterocycles. The van der Waals surface area contributed by atoms with Crippen molar-refractivity contribution in [2.24, 2.45) is 11.1 Å². The third-order valence-electron chi connectivity index (χ3n) is 3.55. The lowest BCUT2D eigenvalue weighted by Gasteiger charge is -2.29. The van der Waals surface area contributed by atoms with Crippen LogP contribution in [0.4, 0.5) is 10.1 Å². The summed E-state index contributed by atoms with van der Waals surface area (Å²) in [7, 11) is 0. The number of benzene rings is 1. The normalized spacial score (nSPS) is 11.2. The van der Waals surface area contributed by atoms with Gasteiger partial charge in [0.25, 0.3) is 0 Å². The van der Waals surface area contributed by atoms with E-state index in [9.17, 15) is 9.18 Å². The monoisotopic (exact) mass is 282 g/mol. The average Bonchev–Trinajstić information content (AvgIpc) is 2.34. The predicted octanol–water partition coefficient (Wildman–Crippen LogP) is 3.17. The van der Waals surface area contributed by atoms with E-state index in [0.717, 1.165) is 0 Å². The van der Waals surface area contributed by atoms with Crippen LogP contribution in [0.2, 0.25) is 0 Å². The summed E-state index contributed by atoms with van der Waals surface area (Å²) in [5, 5.41) is 2.79. The highest BCUT2D eigenvalue weighted by molar-refractivity contribution is 7.80. The molecule has 5 heteroatoms. The zero-order valence-electron chi connectivity index (χ0n) is 11.4. The second-order valence-corrected chi connectivity index (χ2v) is 5.01. The zero-order valence-corrected chi connectivity index (χ0v) is 12.2. The van der Waals surface area contributed by atoms with E-state index in [0.29, 0.717) is 24.1 Å². The molecule has 0 aliphatic heterocycles. The maximum absolute atomic E-state index is 13.0. The standard InChI is InChI=1S/C14H19FN2OS/c1-4-14(5-2,12(16)19)13(18)17-11-7-6-10(15)8-9(11)3/h6-8H,4-5H2,1-3H3,(H2,16,19)(H,17,18). The maximum Gasteiger partial charge on any atom is 0.237 e. The Balaban J connectivity index is 3.03. The van der Waals surface area contributed by atoms with Gasteiger partial charge in [-0.05, 0) is 43.5 Å². The molecule has 0 aromatic heterocycles. The fourth-order valence-electron chi connectivity index (χ4n) is 2.04. The SMILES string of the molecule is CCC(CC)(C(=O)Nc1ccc(F)cc1C)C(N)=S. The predicted molar refractivity (Wildman–Crippen MR) is 79.6 cm³/mol. The Morgan fingerprint density at radius 3 is 2.42 bits per heavy atom. The molecule has 1 rings (SSSR count). The molecule has 0 unspecified atom stereocenters. The van der Waals surface area contributed by atoms with Crippen LogP contribution in [0, 0.1) is 18.2 Å². The molecule has 3 N–H and O–H groups in total. The van der Waals surface area contributed by atoms with Gasteiger partial charge in [0.1, 0.15) is 5.82 Å². The van der Waals surface area contributed by atoms with Gasteiger partial charge in [-0.15, -0.1) is 0 Å². The summed E-state index contributed by atoms with van der Waals surface area (Å²) in [6.07, 6.45) is 1.07. The van der Waals surface area contributed by atoms with Crippen LogP contribution in [0.25, 0.3) is 0 Å². The molecular formula is C14H19FN2OS. The van der Waals surface area contributed by atoms with Gasteiger partial charge in [0.2, 0.25) is 5.91 Å². The molecule has 1 amide bonds. The Morgan fingerprint density at radius 2 is 2.00 bits per heavy atom. The number of carbonyl (C=O) groups is 1. The van der Waals surface area contributed by atoms with Gasteiger partial charge in [0.15, 0.2) is 0 Å². The number of aryl methyl sites for hydroxylation is 1. The van der Waals surface area contributed by atoms with E-state index in [-0.39, 0.29) is 16.7 Å². The summed E-state index contributed by atoms with van der Waals surface area (Å²) in [4.78, 5) is 12.6. The summed E-state index contributed by atoms with van der Waals surface area (Å²) < 4.78 is 13.0. The number of halogens is 1. The first-order chi connectivity index (χ1) is 8.87. The molecule has 0 bridgehead atoms. The van der Waals surface area contributed by atoms with Crippen LogP contribution in [-0.4, -0.2) is 10.9 Å². The largest absolute Gasteiger partial charge is 0.392 e.